The van der Waals surface area contributed by atoms with Crippen LogP contribution in [0.2, 0.25) is 5.02 Å². The molecule has 1 aromatic heterocycles. The Labute approximate surface area is 116 Å². The minimum Gasteiger partial charge on any atom is -0.398 e. The molecule has 1 aromatic carbocycles. The summed E-state index contributed by atoms with van der Waals surface area (Å²) in [5.41, 5.74) is 8.77. The number of halogens is 1. The van der Waals surface area contributed by atoms with Gasteiger partial charge in [0.25, 0.3) is 0 Å². The van der Waals surface area contributed by atoms with Gasteiger partial charge < -0.3 is 11.1 Å². The maximum atomic E-state index is 12.0. The van der Waals surface area contributed by atoms with Gasteiger partial charge in [-0.15, -0.1) is 0 Å². The Bertz CT molecular complexity index is 621. The minimum absolute atomic E-state index is 0.118. The van der Waals surface area contributed by atoms with Crippen molar-refractivity contribution in [2.45, 2.75) is 20.4 Å². The van der Waals surface area contributed by atoms with E-state index in [1.165, 1.54) is 6.20 Å². The van der Waals surface area contributed by atoms with E-state index in [4.69, 9.17) is 17.3 Å². The normalized spacial score (nSPS) is 10.5. The number of nitrogen functional groups attached to an aromatic ring is 1. The van der Waals surface area contributed by atoms with Crippen LogP contribution in [-0.4, -0.2) is 15.7 Å². The number of carbonyl (C=O) groups is 1. The maximum absolute atomic E-state index is 12.0. The Kier molecular flexibility index (Phi) is 3.76. The number of rotatable bonds is 3. The predicted octanol–water partition coefficient (Wildman–Crippen LogP) is 2.37. The van der Waals surface area contributed by atoms with Crippen LogP contribution in [0.1, 0.15) is 11.3 Å². The lowest BCUT2D eigenvalue weighted by Gasteiger charge is -2.10. The number of hydrogen-bond acceptors (Lipinski definition) is 3. The highest BCUT2D eigenvalue weighted by Gasteiger charge is 2.10. The lowest BCUT2D eigenvalue weighted by molar-refractivity contribution is -0.116. The molecule has 0 bridgehead atoms. The van der Waals surface area contributed by atoms with Crippen molar-refractivity contribution in [3.8, 4) is 0 Å². The zero-order valence-electron chi connectivity index (χ0n) is 10.8. The molecule has 0 spiro atoms. The molecule has 2 rings (SSSR count). The van der Waals surface area contributed by atoms with Crippen LogP contribution in [0.5, 0.6) is 0 Å². The number of amides is 1. The van der Waals surface area contributed by atoms with Crippen LogP contribution in [0.15, 0.2) is 24.4 Å². The summed E-state index contributed by atoms with van der Waals surface area (Å²) >= 11 is 5.89. The third kappa shape index (κ3) is 2.88. The number of nitrogens with two attached hydrogens (primary N) is 1. The second-order valence-electron chi connectivity index (χ2n) is 4.30. The minimum atomic E-state index is -0.170. The molecule has 0 aliphatic heterocycles. The molecular weight excluding hydrogens is 264 g/mol. The van der Waals surface area contributed by atoms with Crippen molar-refractivity contribution in [2.24, 2.45) is 0 Å². The quantitative estimate of drug-likeness (QED) is 0.847. The van der Waals surface area contributed by atoms with E-state index in [1.54, 1.807) is 16.8 Å². The van der Waals surface area contributed by atoms with Crippen molar-refractivity contribution < 1.29 is 4.79 Å². The molecule has 0 saturated carbocycles. The molecule has 100 valence electrons. The second kappa shape index (κ2) is 5.32. The van der Waals surface area contributed by atoms with Gasteiger partial charge in [0.15, 0.2) is 0 Å². The van der Waals surface area contributed by atoms with Gasteiger partial charge in [0.1, 0.15) is 6.54 Å². The van der Waals surface area contributed by atoms with Gasteiger partial charge in [0.2, 0.25) is 5.91 Å². The fourth-order valence-corrected chi connectivity index (χ4v) is 1.84. The summed E-state index contributed by atoms with van der Waals surface area (Å²) in [4.78, 5) is 12.0. The molecule has 0 radical (unpaired) electrons. The number of nitrogens with one attached hydrogen (secondary N) is 1. The molecule has 2 aromatic rings. The highest BCUT2D eigenvalue weighted by Crippen LogP contribution is 2.20. The first-order chi connectivity index (χ1) is 8.99. The molecule has 0 saturated heterocycles. The van der Waals surface area contributed by atoms with Gasteiger partial charge in [-0.25, -0.2) is 0 Å². The molecule has 6 heteroatoms. The van der Waals surface area contributed by atoms with Crippen molar-refractivity contribution in [3.05, 3.63) is 40.7 Å². The SMILES string of the molecule is Cc1c(N)cccc1NC(=O)Cn1ncc(Cl)c1C. The number of benzene rings is 1. The van der Waals surface area contributed by atoms with E-state index in [0.717, 1.165) is 11.3 Å². The zero-order valence-corrected chi connectivity index (χ0v) is 11.5. The molecule has 0 aliphatic carbocycles. The molecule has 0 unspecified atom stereocenters. The van der Waals surface area contributed by atoms with Crippen LogP contribution in [-0.2, 0) is 11.3 Å². The van der Waals surface area contributed by atoms with Crippen molar-refractivity contribution >= 4 is 28.9 Å². The van der Waals surface area contributed by atoms with E-state index < -0.39 is 0 Å². The Balaban J connectivity index is 2.10. The largest absolute Gasteiger partial charge is 0.398 e. The number of anilines is 2. The summed E-state index contributed by atoms with van der Waals surface area (Å²) in [6.45, 7) is 3.79. The van der Waals surface area contributed by atoms with E-state index in [2.05, 4.69) is 10.4 Å². The fourth-order valence-electron chi connectivity index (χ4n) is 1.70. The van der Waals surface area contributed by atoms with Gasteiger partial charge in [-0.05, 0) is 31.5 Å². The molecule has 3 N–H and O–H groups in total. The van der Waals surface area contributed by atoms with E-state index in [1.807, 2.05) is 19.9 Å². The zero-order chi connectivity index (χ0) is 14.0. The molecule has 19 heavy (non-hydrogen) atoms. The van der Waals surface area contributed by atoms with Crippen LogP contribution < -0.4 is 11.1 Å². The molecule has 0 aliphatic rings. The first-order valence-corrected chi connectivity index (χ1v) is 6.19. The van der Waals surface area contributed by atoms with Crippen molar-refractivity contribution in [2.75, 3.05) is 11.1 Å². The second-order valence-corrected chi connectivity index (χ2v) is 4.71. The number of nitrogens with zero attached hydrogens (tertiary/aromatic N) is 2. The van der Waals surface area contributed by atoms with Crippen molar-refractivity contribution in [1.82, 2.24) is 9.78 Å². The van der Waals surface area contributed by atoms with Gasteiger partial charge >= 0.3 is 0 Å². The Morgan fingerprint density at radius 3 is 2.84 bits per heavy atom. The van der Waals surface area contributed by atoms with Gasteiger partial charge in [-0.1, -0.05) is 17.7 Å². The van der Waals surface area contributed by atoms with Crippen molar-refractivity contribution in [3.63, 3.8) is 0 Å². The monoisotopic (exact) mass is 278 g/mol. The summed E-state index contributed by atoms with van der Waals surface area (Å²) < 4.78 is 1.55. The topological polar surface area (TPSA) is 72.9 Å². The Morgan fingerprint density at radius 1 is 1.47 bits per heavy atom. The molecule has 1 heterocycles. The summed E-state index contributed by atoms with van der Waals surface area (Å²) in [7, 11) is 0. The summed E-state index contributed by atoms with van der Waals surface area (Å²) in [6, 6.07) is 5.41. The lowest BCUT2D eigenvalue weighted by atomic mass is 10.1. The van der Waals surface area contributed by atoms with E-state index in [-0.39, 0.29) is 12.5 Å². The molecule has 0 atom stereocenters. The standard InChI is InChI=1S/C13H15ClN4O/c1-8-11(15)4-3-5-12(8)17-13(19)7-18-9(2)10(14)6-16-18/h3-6H,7,15H2,1-2H3,(H,17,19). The van der Waals surface area contributed by atoms with Crippen LogP contribution >= 0.6 is 11.6 Å². The maximum Gasteiger partial charge on any atom is 0.246 e. The molecule has 1 amide bonds. The Morgan fingerprint density at radius 2 is 2.21 bits per heavy atom. The summed E-state index contributed by atoms with van der Waals surface area (Å²) in [5.74, 6) is -0.170. The predicted molar refractivity (Wildman–Crippen MR) is 76.2 cm³/mol. The summed E-state index contributed by atoms with van der Waals surface area (Å²) in [5, 5.41) is 7.40. The Hall–Kier alpha value is -2.01. The van der Waals surface area contributed by atoms with Gasteiger partial charge in [0.05, 0.1) is 16.9 Å². The van der Waals surface area contributed by atoms with Crippen LogP contribution in [0, 0.1) is 13.8 Å². The highest BCUT2D eigenvalue weighted by molar-refractivity contribution is 6.31. The summed E-state index contributed by atoms with van der Waals surface area (Å²) in [6.07, 6.45) is 1.52. The fraction of sp³-hybridized carbons (Fsp3) is 0.231. The van der Waals surface area contributed by atoms with Crippen LogP contribution in [0.3, 0.4) is 0 Å². The van der Waals surface area contributed by atoms with E-state index in [9.17, 15) is 4.79 Å². The van der Waals surface area contributed by atoms with Crippen LogP contribution in [0.4, 0.5) is 11.4 Å². The van der Waals surface area contributed by atoms with Gasteiger partial charge in [-0.2, -0.15) is 5.10 Å². The molecule has 0 fully saturated rings. The third-order valence-corrected chi connectivity index (χ3v) is 3.36. The third-order valence-electron chi connectivity index (χ3n) is 2.99. The highest BCUT2D eigenvalue weighted by atomic mass is 35.5. The number of aromatic nitrogens is 2. The molecule has 5 nitrogen and oxygen atoms in total. The molecular formula is C13H15ClN4O. The first kappa shape index (κ1) is 13.4. The van der Waals surface area contributed by atoms with E-state index >= 15 is 0 Å². The van der Waals surface area contributed by atoms with Crippen molar-refractivity contribution in [1.29, 1.82) is 0 Å². The van der Waals surface area contributed by atoms with Gasteiger partial charge in [-0.3, -0.25) is 9.48 Å². The first-order valence-electron chi connectivity index (χ1n) is 5.82. The smallest absolute Gasteiger partial charge is 0.246 e. The average Bonchev–Trinajstić information content (AvgIpc) is 2.67. The number of carbonyl (C=O) groups excluding carboxylic acids is 1. The lowest BCUT2D eigenvalue weighted by Crippen LogP contribution is -2.20. The average molecular weight is 279 g/mol. The van der Waals surface area contributed by atoms with Crippen LogP contribution in [0.25, 0.3) is 0 Å². The van der Waals surface area contributed by atoms with E-state index in [0.29, 0.717) is 16.4 Å². The number of hydrogen-bond donors (Lipinski definition) is 2. The van der Waals surface area contributed by atoms with Gasteiger partial charge in [0, 0.05) is 11.4 Å².